The molecule has 0 fully saturated rings. The van der Waals surface area contributed by atoms with E-state index in [4.69, 9.17) is 17.5 Å². The van der Waals surface area contributed by atoms with Crippen molar-refractivity contribution in [2.45, 2.75) is 11.8 Å². The highest BCUT2D eigenvalue weighted by atomic mass is 35.5. The summed E-state index contributed by atoms with van der Waals surface area (Å²) in [4.78, 5) is 0.106. The zero-order chi connectivity index (χ0) is 10.8. The van der Waals surface area contributed by atoms with Gasteiger partial charge in [-0.2, -0.15) is 0 Å². The molecule has 1 rings (SSSR count). The van der Waals surface area contributed by atoms with Crippen molar-refractivity contribution in [2.75, 3.05) is 12.3 Å². The van der Waals surface area contributed by atoms with Crippen LogP contribution in [-0.2, 0) is 10.0 Å². The molecule has 0 atom stereocenters. The molecule has 0 amide bonds. The Morgan fingerprint density at radius 2 is 2.14 bits per heavy atom. The first-order valence-corrected chi connectivity index (χ1v) is 5.80. The average molecular weight is 235 g/mol. The molecule has 0 unspecified atom stereocenters. The zero-order valence-corrected chi connectivity index (χ0v) is 9.22. The number of sulfonamides is 1. The van der Waals surface area contributed by atoms with Crippen LogP contribution in [0.4, 0.5) is 5.69 Å². The van der Waals surface area contributed by atoms with Crippen molar-refractivity contribution in [2.24, 2.45) is 0 Å². The van der Waals surface area contributed by atoms with Crippen LogP contribution in [0.3, 0.4) is 0 Å². The highest BCUT2D eigenvalue weighted by Gasteiger charge is 2.20. The first-order chi connectivity index (χ1) is 6.48. The molecule has 4 nitrogen and oxygen atoms in total. The molecular weight excluding hydrogens is 224 g/mol. The lowest BCUT2D eigenvalue weighted by Gasteiger charge is -2.11. The topological polar surface area (TPSA) is 63.4 Å². The maximum atomic E-state index is 11.7. The predicted molar refractivity (Wildman–Crippen MR) is 56.3 cm³/mol. The summed E-state index contributed by atoms with van der Waals surface area (Å²) >= 11 is 5.55. The van der Waals surface area contributed by atoms with Crippen LogP contribution in [0.1, 0.15) is 6.92 Å². The van der Waals surface area contributed by atoms with Gasteiger partial charge in [0.05, 0.1) is 4.90 Å². The van der Waals surface area contributed by atoms with Crippen LogP contribution in [0.2, 0.25) is 0 Å². The molecule has 0 saturated heterocycles. The van der Waals surface area contributed by atoms with Crippen LogP contribution in [0.5, 0.6) is 0 Å². The van der Waals surface area contributed by atoms with Gasteiger partial charge in [0.25, 0.3) is 10.0 Å². The molecule has 1 aromatic rings. The van der Waals surface area contributed by atoms with E-state index in [0.717, 1.165) is 3.82 Å². The van der Waals surface area contributed by atoms with Gasteiger partial charge < -0.3 is 5.73 Å². The van der Waals surface area contributed by atoms with Crippen LogP contribution in [0.25, 0.3) is 0 Å². The lowest BCUT2D eigenvalue weighted by atomic mass is 10.3. The number of nitrogens with two attached hydrogens (primary N) is 1. The van der Waals surface area contributed by atoms with Crippen molar-refractivity contribution in [3.8, 4) is 0 Å². The number of halogens is 1. The van der Waals surface area contributed by atoms with E-state index >= 15 is 0 Å². The molecule has 0 aromatic heterocycles. The summed E-state index contributed by atoms with van der Waals surface area (Å²) in [6.45, 7) is 1.86. The van der Waals surface area contributed by atoms with Gasteiger partial charge in [-0.3, -0.25) is 0 Å². The monoisotopic (exact) mass is 234 g/mol. The Labute approximate surface area is 88.4 Å². The second-order valence-electron chi connectivity index (χ2n) is 2.68. The third kappa shape index (κ3) is 2.17. The summed E-state index contributed by atoms with van der Waals surface area (Å²) in [5.74, 6) is 0. The molecule has 0 aliphatic heterocycles. The first kappa shape index (κ1) is 11.3. The van der Waals surface area contributed by atoms with E-state index in [1.54, 1.807) is 19.1 Å². The highest BCUT2D eigenvalue weighted by molar-refractivity contribution is 7.90. The van der Waals surface area contributed by atoms with E-state index in [1.165, 1.54) is 12.1 Å². The smallest absolute Gasteiger partial charge is 0.256 e. The van der Waals surface area contributed by atoms with Crippen molar-refractivity contribution < 1.29 is 8.42 Å². The van der Waals surface area contributed by atoms with E-state index in [-0.39, 0.29) is 11.4 Å². The van der Waals surface area contributed by atoms with Gasteiger partial charge in [-0.05, 0) is 36.9 Å². The van der Waals surface area contributed by atoms with Crippen LogP contribution in [0, 0.1) is 0 Å². The van der Waals surface area contributed by atoms with Crippen LogP contribution < -0.4 is 5.73 Å². The second-order valence-corrected chi connectivity index (χ2v) is 5.15. The van der Waals surface area contributed by atoms with Gasteiger partial charge in [-0.25, -0.2) is 8.42 Å². The largest absolute Gasteiger partial charge is 0.399 e. The van der Waals surface area contributed by atoms with Crippen molar-refractivity contribution in [3.63, 3.8) is 0 Å². The average Bonchev–Trinajstić information content (AvgIpc) is 2.16. The number of benzene rings is 1. The lowest BCUT2D eigenvalue weighted by molar-refractivity contribution is 0.545. The van der Waals surface area contributed by atoms with Gasteiger partial charge in [0.2, 0.25) is 0 Å². The third-order valence-corrected chi connectivity index (χ3v) is 4.08. The minimum Gasteiger partial charge on any atom is -0.399 e. The second kappa shape index (κ2) is 4.16. The van der Waals surface area contributed by atoms with Crippen molar-refractivity contribution in [3.05, 3.63) is 24.3 Å². The standard InChI is InChI=1S/C8H11ClN2O2S/c1-2-11(9)14(12,13)8-5-3-4-7(10)6-8/h3-6H,2,10H2,1H3. The molecule has 1 aromatic carbocycles. The summed E-state index contributed by atoms with van der Waals surface area (Å²) < 4.78 is 24.1. The molecule has 78 valence electrons. The van der Waals surface area contributed by atoms with Crippen molar-refractivity contribution in [1.82, 2.24) is 3.82 Å². The third-order valence-electron chi connectivity index (χ3n) is 1.67. The van der Waals surface area contributed by atoms with Gasteiger partial charge >= 0.3 is 0 Å². The Morgan fingerprint density at radius 3 is 2.64 bits per heavy atom. The van der Waals surface area contributed by atoms with E-state index < -0.39 is 10.0 Å². The summed E-state index contributed by atoms with van der Waals surface area (Å²) in [5.41, 5.74) is 5.87. The molecule has 0 aliphatic carbocycles. The number of hydrogen-bond donors (Lipinski definition) is 1. The zero-order valence-electron chi connectivity index (χ0n) is 7.64. The number of hydrogen-bond acceptors (Lipinski definition) is 3. The summed E-state index contributed by atoms with van der Waals surface area (Å²) in [5, 5.41) is 0. The maximum Gasteiger partial charge on any atom is 0.256 e. The van der Waals surface area contributed by atoms with E-state index in [9.17, 15) is 8.42 Å². The Morgan fingerprint density at radius 1 is 1.50 bits per heavy atom. The molecule has 0 heterocycles. The van der Waals surface area contributed by atoms with E-state index in [0.29, 0.717) is 5.69 Å². The summed E-state index contributed by atoms with van der Waals surface area (Å²) in [6, 6.07) is 6.02. The maximum absolute atomic E-state index is 11.7. The van der Waals surface area contributed by atoms with E-state index in [1.807, 2.05) is 0 Å². The predicted octanol–water partition coefficient (Wildman–Crippen LogP) is 1.43. The number of rotatable bonds is 3. The number of anilines is 1. The van der Waals surface area contributed by atoms with Crippen LogP contribution in [0.15, 0.2) is 29.2 Å². The molecule has 0 spiro atoms. The molecular formula is C8H11ClN2O2S. The fraction of sp³-hybridized carbons (Fsp3) is 0.250. The Balaban J connectivity index is 3.17. The number of nitrogens with zero attached hydrogens (tertiary/aromatic N) is 1. The van der Waals surface area contributed by atoms with Gasteiger partial charge in [-0.1, -0.05) is 6.07 Å². The number of nitrogen functional groups attached to an aromatic ring is 1. The van der Waals surface area contributed by atoms with Crippen LogP contribution in [-0.4, -0.2) is 18.8 Å². The van der Waals surface area contributed by atoms with Gasteiger partial charge in [0, 0.05) is 12.2 Å². The fourth-order valence-corrected chi connectivity index (χ4v) is 2.30. The van der Waals surface area contributed by atoms with Gasteiger partial charge in [0.15, 0.2) is 0 Å². The molecule has 0 aliphatic rings. The molecule has 6 heteroatoms. The minimum absolute atomic E-state index is 0.106. The molecule has 0 radical (unpaired) electrons. The summed E-state index contributed by atoms with van der Waals surface area (Å²) in [7, 11) is -3.59. The lowest BCUT2D eigenvalue weighted by Crippen LogP contribution is -2.21. The molecule has 2 N–H and O–H groups in total. The van der Waals surface area contributed by atoms with Crippen molar-refractivity contribution in [1.29, 1.82) is 0 Å². The Hall–Kier alpha value is -0.780. The van der Waals surface area contributed by atoms with Crippen molar-refractivity contribution >= 4 is 27.5 Å². The fourth-order valence-electron chi connectivity index (χ4n) is 0.959. The normalized spacial score (nSPS) is 11.9. The SMILES string of the molecule is CCN(Cl)S(=O)(=O)c1cccc(N)c1. The van der Waals surface area contributed by atoms with E-state index in [2.05, 4.69) is 0 Å². The van der Waals surface area contributed by atoms with Crippen LogP contribution >= 0.6 is 11.8 Å². The van der Waals surface area contributed by atoms with Gasteiger partial charge in [0.1, 0.15) is 0 Å². The minimum atomic E-state index is -3.59. The molecule has 14 heavy (non-hydrogen) atoms. The Kier molecular flexibility index (Phi) is 3.36. The molecule has 0 saturated carbocycles. The summed E-state index contributed by atoms with van der Waals surface area (Å²) in [6.07, 6.45) is 0. The molecule has 0 bridgehead atoms. The first-order valence-electron chi connectivity index (χ1n) is 4.02. The quantitative estimate of drug-likeness (QED) is 0.636. The van der Waals surface area contributed by atoms with Gasteiger partial charge in [-0.15, -0.1) is 3.82 Å². The Bertz CT molecular complexity index is 419. The highest BCUT2D eigenvalue weighted by Crippen LogP contribution is 2.18.